The van der Waals surface area contributed by atoms with E-state index in [9.17, 15) is 0 Å². The number of benzene rings is 1. The summed E-state index contributed by atoms with van der Waals surface area (Å²) in [6, 6.07) is 7.75. The number of aryl methyl sites for hydroxylation is 1. The van der Waals surface area contributed by atoms with Gasteiger partial charge in [-0.3, -0.25) is 0 Å². The molecule has 0 bridgehead atoms. The molecule has 2 heterocycles. The van der Waals surface area contributed by atoms with Crippen LogP contribution in [0.15, 0.2) is 34.9 Å². The summed E-state index contributed by atoms with van der Waals surface area (Å²) in [7, 11) is 4.07. The zero-order valence-electron chi connectivity index (χ0n) is 13.7. The largest absolute Gasteiger partial charge is 0.441 e. The number of nitrogens with one attached hydrogen (secondary N) is 1. The molecule has 0 aliphatic carbocycles. The van der Waals surface area contributed by atoms with Gasteiger partial charge in [-0.2, -0.15) is 0 Å². The van der Waals surface area contributed by atoms with E-state index < -0.39 is 0 Å². The molecule has 3 rings (SSSR count). The van der Waals surface area contributed by atoms with E-state index in [1.54, 1.807) is 6.20 Å². The van der Waals surface area contributed by atoms with Crippen molar-refractivity contribution in [2.75, 3.05) is 26.0 Å². The van der Waals surface area contributed by atoms with Crippen molar-refractivity contribution in [2.45, 2.75) is 19.8 Å². The minimum Gasteiger partial charge on any atom is -0.441 e. The van der Waals surface area contributed by atoms with E-state index in [1.807, 2.05) is 38.4 Å². The minimum absolute atomic E-state index is 0.578. The Morgan fingerprint density at radius 1 is 1.17 bits per heavy atom. The Bertz CT molecular complexity index is 797. The molecular weight excluding hydrogens is 290 g/mol. The topological polar surface area (TPSA) is 67.1 Å². The summed E-state index contributed by atoms with van der Waals surface area (Å²) < 4.78 is 5.82. The summed E-state index contributed by atoms with van der Waals surface area (Å²) in [5, 5.41) is 3.24. The zero-order chi connectivity index (χ0) is 16.2. The van der Waals surface area contributed by atoms with Gasteiger partial charge in [0, 0.05) is 24.9 Å². The van der Waals surface area contributed by atoms with Crippen LogP contribution < -0.4 is 5.32 Å². The van der Waals surface area contributed by atoms with Crippen molar-refractivity contribution in [3.63, 3.8) is 0 Å². The molecule has 3 aromatic rings. The summed E-state index contributed by atoms with van der Waals surface area (Å²) in [5.74, 6) is 1.32. The summed E-state index contributed by atoms with van der Waals surface area (Å²) >= 11 is 0. The molecule has 1 N–H and O–H groups in total. The lowest BCUT2D eigenvalue weighted by Gasteiger charge is -2.06. The molecule has 0 aliphatic heterocycles. The van der Waals surface area contributed by atoms with Gasteiger partial charge in [0.05, 0.1) is 5.69 Å². The molecule has 0 amide bonds. The Balaban J connectivity index is 1.88. The number of hydrogen-bond donors (Lipinski definition) is 1. The Morgan fingerprint density at radius 2 is 2.04 bits per heavy atom. The van der Waals surface area contributed by atoms with Gasteiger partial charge in [0.1, 0.15) is 5.52 Å². The molecule has 1 aromatic carbocycles. The average molecular weight is 311 g/mol. The summed E-state index contributed by atoms with van der Waals surface area (Å²) in [5.41, 5.74) is 3.44. The van der Waals surface area contributed by atoms with Gasteiger partial charge < -0.3 is 14.6 Å². The number of oxazole rings is 1. The molecule has 23 heavy (non-hydrogen) atoms. The smallest absolute Gasteiger partial charge is 0.227 e. The fraction of sp³-hybridized carbons (Fsp3) is 0.353. The number of fused-ring (bicyclic) bond motifs is 1. The zero-order valence-corrected chi connectivity index (χ0v) is 13.7. The first-order chi connectivity index (χ1) is 11.2. The van der Waals surface area contributed by atoms with Crippen molar-refractivity contribution in [1.29, 1.82) is 0 Å². The predicted octanol–water partition coefficient (Wildman–Crippen LogP) is 3.03. The first-order valence-corrected chi connectivity index (χ1v) is 7.78. The predicted molar refractivity (Wildman–Crippen MR) is 91.0 cm³/mol. The Kier molecular flexibility index (Phi) is 4.52. The molecule has 0 saturated heterocycles. The highest BCUT2D eigenvalue weighted by molar-refractivity contribution is 5.88. The fourth-order valence-corrected chi connectivity index (χ4v) is 2.30. The Hall–Kier alpha value is -2.47. The van der Waals surface area contributed by atoms with E-state index >= 15 is 0 Å². The third kappa shape index (κ3) is 3.65. The highest BCUT2D eigenvalue weighted by Crippen LogP contribution is 2.25. The van der Waals surface area contributed by atoms with E-state index in [0.717, 1.165) is 47.8 Å². The molecule has 120 valence electrons. The number of nitrogens with zero attached hydrogens (tertiary/aromatic N) is 4. The molecular formula is C17H21N5O. The monoisotopic (exact) mass is 311 g/mol. The van der Waals surface area contributed by atoms with Crippen LogP contribution in [0.3, 0.4) is 0 Å². The van der Waals surface area contributed by atoms with E-state index in [2.05, 4.69) is 32.1 Å². The van der Waals surface area contributed by atoms with Crippen LogP contribution in [0.25, 0.3) is 11.1 Å². The van der Waals surface area contributed by atoms with Crippen LogP contribution in [0.1, 0.15) is 18.5 Å². The maximum atomic E-state index is 5.82. The molecule has 0 unspecified atom stereocenters. The van der Waals surface area contributed by atoms with Gasteiger partial charge in [-0.25, -0.2) is 15.0 Å². The van der Waals surface area contributed by atoms with Crippen molar-refractivity contribution in [3.05, 3.63) is 42.0 Å². The van der Waals surface area contributed by atoms with Gasteiger partial charge in [-0.05, 0) is 38.7 Å². The molecule has 0 saturated carbocycles. The minimum atomic E-state index is 0.578. The van der Waals surface area contributed by atoms with Crippen molar-refractivity contribution in [3.8, 4) is 0 Å². The molecule has 2 aromatic heterocycles. The van der Waals surface area contributed by atoms with Gasteiger partial charge >= 0.3 is 0 Å². The van der Waals surface area contributed by atoms with Gasteiger partial charge in [-0.15, -0.1) is 0 Å². The number of anilines is 2. The molecule has 0 spiro atoms. The second-order valence-electron chi connectivity index (χ2n) is 5.66. The normalized spacial score (nSPS) is 11.3. The number of aromatic nitrogens is 3. The van der Waals surface area contributed by atoms with Crippen LogP contribution >= 0.6 is 0 Å². The molecule has 0 fully saturated rings. The van der Waals surface area contributed by atoms with Crippen LogP contribution in [-0.4, -0.2) is 40.5 Å². The average Bonchev–Trinajstić information content (AvgIpc) is 2.97. The lowest BCUT2D eigenvalue weighted by molar-refractivity contribution is 0.390. The molecule has 6 nitrogen and oxygen atoms in total. The lowest BCUT2D eigenvalue weighted by atomic mass is 10.3. The highest BCUT2D eigenvalue weighted by Gasteiger charge is 2.11. The fourth-order valence-electron chi connectivity index (χ4n) is 2.30. The van der Waals surface area contributed by atoms with E-state index in [0.29, 0.717) is 5.95 Å². The number of hydrogen-bond acceptors (Lipinski definition) is 6. The second kappa shape index (κ2) is 6.75. The first-order valence-electron chi connectivity index (χ1n) is 7.78. The number of rotatable bonds is 6. The maximum absolute atomic E-state index is 5.82. The van der Waals surface area contributed by atoms with E-state index in [1.165, 1.54) is 0 Å². The quantitative estimate of drug-likeness (QED) is 0.755. The number of likely N-dealkylation sites (N-methyl/N-ethyl adjacent to an activating group) is 1. The van der Waals surface area contributed by atoms with E-state index in [4.69, 9.17) is 4.42 Å². The van der Waals surface area contributed by atoms with Crippen molar-refractivity contribution in [1.82, 2.24) is 19.9 Å². The summed E-state index contributed by atoms with van der Waals surface area (Å²) in [6.45, 7) is 2.97. The van der Waals surface area contributed by atoms with Crippen LogP contribution in [0.5, 0.6) is 0 Å². The summed E-state index contributed by atoms with van der Waals surface area (Å²) in [4.78, 5) is 15.5. The van der Waals surface area contributed by atoms with Gasteiger partial charge in [0.15, 0.2) is 11.5 Å². The molecule has 0 atom stereocenters. The van der Waals surface area contributed by atoms with Gasteiger partial charge in [-0.1, -0.05) is 13.0 Å². The SMILES string of the molecule is CCc1ccnc(Nc2cccc3oc(CCN(C)C)nc23)n1. The summed E-state index contributed by atoms with van der Waals surface area (Å²) in [6.07, 6.45) is 3.42. The van der Waals surface area contributed by atoms with Crippen molar-refractivity contribution >= 4 is 22.7 Å². The second-order valence-corrected chi connectivity index (χ2v) is 5.66. The van der Waals surface area contributed by atoms with E-state index in [-0.39, 0.29) is 0 Å². The standard InChI is InChI=1S/C17H21N5O/c1-4-12-8-10-18-17(19-12)20-13-6-5-7-14-16(13)21-15(23-14)9-11-22(2)3/h5-8,10H,4,9,11H2,1-3H3,(H,18,19,20). The van der Waals surface area contributed by atoms with Gasteiger partial charge in [0.25, 0.3) is 0 Å². The number of para-hydroxylation sites is 1. The van der Waals surface area contributed by atoms with Crippen LogP contribution in [0, 0.1) is 0 Å². The Labute approximate surface area is 135 Å². The lowest BCUT2D eigenvalue weighted by Crippen LogP contribution is -2.15. The Morgan fingerprint density at radius 3 is 2.83 bits per heavy atom. The van der Waals surface area contributed by atoms with Crippen LogP contribution in [0.4, 0.5) is 11.6 Å². The molecule has 0 radical (unpaired) electrons. The molecule has 6 heteroatoms. The first kappa shape index (κ1) is 15.4. The third-order valence-electron chi connectivity index (χ3n) is 3.56. The van der Waals surface area contributed by atoms with Crippen LogP contribution in [-0.2, 0) is 12.8 Å². The molecule has 0 aliphatic rings. The van der Waals surface area contributed by atoms with Crippen molar-refractivity contribution < 1.29 is 4.42 Å². The highest BCUT2D eigenvalue weighted by atomic mass is 16.3. The van der Waals surface area contributed by atoms with Crippen molar-refractivity contribution in [2.24, 2.45) is 0 Å². The maximum Gasteiger partial charge on any atom is 0.227 e. The van der Waals surface area contributed by atoms with Crippen LogP contribution in [0.2, 0.25) is 0 Å². The van der Waals surface area contributed by atoms with Gasteiger partial charge in [0.2, 0.25) is 5.95 Å². The third-order valence-corrected chi connectivity index (χ3v) is 3.56.